The van der Waals surface area contributed by atoms with E-state index in [1.807, 2.05) is 6.92 Å². The van der Waals surface area contributed by atoms with Gasteiger partial charge in [-0.2, -0.15) is 0 Å². The summed E-state index contributed by atoms with van der Waals surface area (Å²) in [5, 5.41) is 11.9. The van der Waals surface area contributed by atoms with Crippen LogP contribution in [0.15, 0.2) is 18.2 Å². The Morgan fingerprint density at radius 1 is 1.58 bits per heavy atom. The van der Waals surface area contributed by atoms with E-state index >= 15 is 0 Å². The van der Waals surface area contributed by atoms with Crippen LogP contribution >= 0.6 is 0 Å². The van der Waals surface area contributed by atoms with E-state index in [4.69, 9.17) is 9.84 Å². The second-order valence-corrected chi connectivity index (χ2v) is 4.93. The minimum absolute atomic E-state index is 0.273. The first-order chi connectivity index (χ1) is 8.78. The molecule has 0 spiro atoms. The van der Waals surface area contributed by atoms with Crippen molar-refractivity contribution < 1.29 is 19.0 Å². The predicted molar refractivity (Wildman–Crippen MR) is 70.9 cm³/mol. The third kappa shape index (κ3) is 3.92. The van der Waals surface area contributed by atoms with E-state index in [0.717, 1.165) is 5.56 Å². The van der Waals surface area contributed by atoms with Gasteiger partial charge in [-0.05, 0) is 39.4 Å². The summed E-state index contributed by atoms with van der Waals surface area (Å²) in [7, 11) is 1.59. The van der Waals surface area contributed by atoms with Crippen LogP contribution in [0.1, 0.15) is 25.8 Å². The summed E-state index contributed by atoms with van der Waals surface area (Å²) in [6, 6.07) is 4.30. The standard InChI is InChI=1S/C14H20FNO3/c1-9-5-6-11(15)7-12(9)19-10(2)8-14(3,16-4)13(17)18/h5-7,10,16H,8H2,1-4H3,(H,17,18). The number of halogens is 1. The van der Waals surface area contributed by atoms with Crippen LogP contribution in [0.4, 0.5) is 4.39 Å². The van der Waals surface area contributed by atoms with Crippen LogP contribution in [0.2, 0.25) is 0 Å². The number of carboxylic acid groups (broad SMARTS) is 1. The average Bonchev–Trinajstić information content (AvgIpc) is 2.33. The zero-order valence-corrected chi connectivity index (χ0v) is 11.7. The minimum atomic E-state index is -1.07. The Balaban J connectivity index is 2.77. The van der Waals surface area contributed by atoms with Crippen LogP contribution in [0.25, 0.3) is 0 Å². The first-order valence-corrected chi connectivity index (χ1v) is 6.13. The maximum Gasteiger partial charge on any atom is 0.323 e. The van der Waals surface area contributed by atoms with Crippen molar-refractivity contribution in [3.8, 4) is 5.75 Å². The Labute approximate surface area is 112 Å². The molecule has 0 heterocycles. The molecule has 0 bridgehead atoms. The Hall–Kier alpha value is -1.62. The second kappa shape index (κ2) is 6.02. The molecule has 5 heteroatoms. The SMILES string of the molecule is CNC(C)(CC(C)Oc1cc(F)ccc1C)C(=O)O. The van der Waals surface area contributed by atoms with Crippen molar-refractivity contribution in [2.45, 2.75) is 38.8 Å². The van der Waals surface area contributed by atoms with E-state index in [-0.39, 0.29) is 18.3 Å². The van der Waals surface area contributed by atoms with Crippen LogP contribution in [-0.2, 0) is 4.79 Å². The minimum Gasteiger partial charge on any atom is -0.490 e. The summed E-state index contributed by atoms with van der Waals surface area (Å²) in [6.45, 7) is 5.17. The summed E-state index contributed by atoms with van der Waals surface area (Å²) in [5.74, 6) is -0.875. The number of carboxylic acids is 1. The van der Waals surface area contributed by atoms with Crippen LogP contribution in [-0.4, -0.2) is 29.8 Å². The van der Waals surface area contributed by atoms with Gasteiger partial charge in [-0.3, -0.25) is 4.79 Å². The summed E-state index contributed by atoms with van der Waals surface area (Å²) in [5.41, 5.74) is -0.254. The zero-order valence-electron chi connectivity index (χ0n) is 11.7. The van der Waals surface area contributed by atoms with Gasteiger partial charge in [0, 0.05) is 12.5 Å². The lowest BCUT2D eigenvalue weighted by molar-refractivity contribution is -0.145. The largest absolute Gasteiger partial charge is 0.490 e. The van der Waals surface area contributed by atoms with E-state index in [1.165, 1.54) is 12.1 Å². The van der Waals surface area contributed by atoms with E-state index < -0.39 is 11.5 Å². The van der Waals surface area contributed by atoms with E-state index in [9.17, 15) is 9.18 Å². The number of nitrogens with one attached hydrogen (secondary N) is 1. The van der Waals surface area contributed by atoms with Gasteiger partial charge in [0.05, 0.1) is 6.10 Å². The van der Waals surface area contributed by atoms with Gasteiger partial charge in [-0.15, -0.1) is 0 Å². The van der Waals surface area contributed by atoms with Crippen molar-refractivity contribution >= 4 is 5.97 Å². The molecule has 2 N–H and O–H groups in total. The number of likely N-dealkylation sites (N-methyl/N-ethyl adjacent to an activating group) is 1. The fourth-order valence-electron chi connectivity index (χ4n) is 1.83. The maximum atomic E-state index is 13.1. The summed E-state index contributed by atoms with van der Waals surface area (Å²) in [6.07, 6.45) is -0.0801. The van der Waals surface area contributed by atoms with E-state index in [0.29, 0.717) is 5.75 Å². The molecular weight excluding hydrogens is 249 g/mol. The highest BCUT2D eigenvalue weighted by atomic mass is 19.1. The smallest absolute Gasteiger partial charge is 0.323 e. The molecule has 0 aromatic heterocycles. The van der Waals surface area contributed by atoms with Crippen molar-refractivity contribution in [1.82, 2.24) is 5.32 Å². The Morgan fingerprint density at radius 2 is 2.21 bits per heavy atom. The highest BCUT2D eigenvalue weighted by Crippen LogP contribution is 2.23. The van der Waals surface area contributed by atoms with Crippen molar-refractivity contribution in [3.63, 3.8) is 0 Å². The van der Waals surface area contributed by atoms with E-state index in [1.54, 1.807) is 27.0 Å². The summed E-state index contributed by atoms with van der Waals surface area (Å²) >= 11 is 0. The first-order valence-electron chi connectivity index (χ1n) is 6.13. The molecule has 0 amide bonds. The predicted octanol–water partition coefficient (Wildman–Crippen LogP) is 2.35. The normalized spacial score (nSPS) is 15.6. The molecule has 19 heavy (non-hydrogen) atoms. The number of aryl methyl sites for hydroxylation is 1. The van der Waals surface area contributed by atoms with Crippen LogP contribution in [0.5, 0.6) is 5.75 Å². The van der Waals surface area contributed by atoms with Crippen molar-refractivity contribution in [3.05, 3.63) is 29.6 Å². The van der Waals surface area contributed by atoms with Gasteiger partial charge >= 0.3 is 5.97 Å². The lowest BCUT2D eigenvalue weighted by Gasteiger charge is -2.28. The highest BCUT2D eigenvalue weighted by Gasteiger charge is 2.33. The van der Waals surface area contributed by atoms with Gasteiger partial charge in [-0.1, -0.05) is 6.07 Å². The Kier molecular flexibility index (Phi) is 4.89. The average molecular weight is 269 g/mol. The Morgan fingerprint density at radius 3 is 2.74 bits per heavy atom. The van der Waals surface area contributed by atoms with Crippen LogP contribution < -0.4 is 10.1 Å². The van der Waals surface area contributed by atoms with Crippen LogP contribution in [0.3, 0.4) is 0 Å². The number of rotatable bonds is 6. The first kappa shape index (κ1) is 15.4. The molecular formula is C14H20FNO3. The summed E-state index contributed by atoms with van der Waals surface area (Å²) < 4.78 is 18.8. The number of aliphatic carboxylic acids is 1. The van der Waals surface area contributed by atoms with Gasteiger partial charge < -0.3 is 15.2 Å². The molecule has 0 radical (unpaired) electrons. The third-order valence-corrected chi connectivity index (χ3v) is 3.20. The Bertz CT molecular complexity index is 464. The third-order valence-electron chi connectivity index (χ3n) is 3.20. The lowest BCUT2D eigenvalue weighted by atomic mass is 9.95. The monoisotopic (exact) mass is 269 g/mol. The van der Waals surface area contributed by atoms with Gasteiger partial charge in [0.1, 0.15) is 17.1 Å². The molecule has 0 saturated carbocycles. The van der Waals surface area contributed by atoms with Gasteiger partial charge in [-0.25, -0.2) is 4.39 Å². The molecule has 0 aliphatic heterocycles. The topological polar surface area (TPSA) is 58.6 Å². The number of ether oxygens (including phenoxy) is 1. The van der Waals surface area contributed by atoms with Crippen LogP contribution in [0, 0.1) is 12.7 Å². The highest BCUT2D eigenvalue weighted by molar-refractivity contribution is 5.78. The molecule has 0 aliphatic carbocycles. The lowest BCUT2D eigenvalue weighted by Crippen LogP contribution is -2.50. The number of carbonyl (C=O) groups is 1. The van der Waals surface area contributed by atoms with Crippen molar-refractivity contribution in [1.29, 1.82) is 0 Å². The number of benzene rings is 1. The fourth-order valence-corrected chi connectivity index (χ4v) is 1.83. The van der Waals surface area contributed by atoms with Crippen molar-refractivity contribution in [2.24, 2.45) is 0 Å². The summed E-state index contributed by atoms with van der Waals surface area (Å²) in [4.78, 5) is 11.2. The molecule has 1 rings (SSSR count). The maximum absolute atomic E-state index is 13.1. The molecule has 0 saturated heterocycles. The molecule has 1 aromatic rings. The number of hydrogen-bond acceptors (Lipinski definition) is 3. The second-order valence-electron chi connectivity index (χ2n) is 4.93. The molecule has 2 unspecified atom stereocenters. The van der Waals surface area contributed by atoms with Gasteiger partial charge in [0.25, 0.3) is 0 Å². The molecule has 106 valence electrons. The number of hydrogen-bond donors (Lipinski definition) is 2. The fraction of sp³-hybridized carbons (Fsp3) is 0.500. The molecule has 2 atom stereocenters. The van der Waals surface area contributed by atoms with E-state index in [2.05, 4.69) is 5.32 Å². The molecule has 0 fully saturated rings. The van der Waals surface area contributed by atoms with Gasteiger partial charge in [0.2, 0.25) is 0 Å². The molecule has 4 nitrogen and oxygen atoms in total. The van der Waals surface area contributed by atoms with Crippen molar-refractivity contribution in [2.75, 3.05) is 7.05 Å². The zero-order chi connectivity index (χ0) is 14.6. The molecule has 1 aromatic carbocycles. The molecule has 0 aliphatic rings. The quantitative estimate of drug-likeness (QED) is 0.832. The van der Waals surface area contributed by atoms with Gasteiger partial charge in [0.15, 0.2) is 0 Å².